The van der Waals surface area contributed by atoms with Crippen molar-refractivity contribution in [2.45, 2.75) is 40.0 Å². The van der Waals surface area contributed by atoms with E-state index in [1.807, 2.05) is 13.8 Å². The van der Waals surface area contributed by atoms with E-state index in [1.54, 1.807) is 18.2 Å². The number of ketones is 1. The Labute approximate surface area is 126 Å². The fraction of sp³-hybridized carbons (Fsp3) is 0.412. The third-order valence-corrected chi connectivity index (χ3v) is 2.89. The van der Waals surface area contributed by atoms with Gasteiger partial charge in [0, 0.05) is 12.0 Å². The molecule has 4 heteroatoms. The second-order valence-electron chi connectivity index (χ2n) is 5.16. The number of ether oxygens (including phenoxy) is 1. The van der Waals surface area contributed by atoms with Crippen LogP contribution in [0.4, 0.5) is 5.69 Å². The summed E-state index contributed by atoms with van der Waals surface area (Å²) in [5.74, 6) is 0.427. The fourth-order valence-electron chi connectivity index (χ4n) is 1.72. The number of amides is 1. The van der Waals surface area contributed by atoms with Gasteiger partial charge in [-0.2, -0.15) is 0 Å². The molecule has 1 aromatic rings. The number of Topliss-reactive ketones (excluding diaryl/α,β-unsaturated/α-hetero) is 1. The molecule has 0 atom stereocenters. The van der Waals surface area contributed by atoms with Crippen LogP contribution < -0.4 is 10.1 Å². The van der Waals surface area contributed by atoms with Gasteiger partial charge in [-0.3, -0.25) is 9.59 Å². The maximum absolute atomic E-state index is 11.9. The summed E-state index contributed by atoms with van der Waals surface area (Å²) < 4.78 is 5.61. The van der Waals surface area contributed by atoms with Gasteiger partial charge in [0.05, 0.1) is 5.69 Å². The van der Waals surface area contributed by atoms with Crippen LogP contribution in [-0.4, -0.2) is 18.3 Å². The predicted molar refractivity (Wildman–Crippen MR) is 84.9 cm³/mol. The minimum Gasteiger partial charge on any atom is -0.487 e. The maximum Gasteiger partial charge on any atom is 0.224 e. The molecule has 0 bridgehead atoms. The van der Waals surface area contributed by atoms with Gasteiger partial charge in [-0.1, -0.05) is 19.9 Å². The van der Waals surface area contributed by atoms with Crippen molar-refractivity contribution >= 4 is 17.4 Å². The number of unbranched alkanes of at least 4 members (excludes halogenated alkanes) is 1. The first-order chi connectivity index (χ1) is 9.93. The summed E-state index contributed by atoms with van der Waals surface area (Å²) in [4.78, 5) is 23.3. The largest absolute Gasteiger partial charge is 0.487 e. The number of carbonyl (C=O) groups excluding carboxylic acids is 2. The molecule has 0 unspecified atom stereocenters. The molecule has 0 heterocycles. The molecule has 114 valence electrons. The van der Waals surface area contributed by atoms with Crippen molar-refractivity contribution in [2.75, 3.05) is 11.9 Å². The number of nitrogens with one attached hydrogen (secondary N) is 1. The van der Waals surface area contributed by atoms with Gasteiger partial charge in [0.2, 0.25) is 5.91 Å². The minimum atomic E-state index is -0.0715. The monoisotopic (exact) mass is 289 g/mol. The van der Waals surface area contributed by atoms with Crippen LogP contribution in [0.5, 0.6) is 5.75 Å². The Kier molecular flexibility index (Phi) is 6.66. The topological polar surface area (TPSA) is 55.4 Å². The highest BCUT2D eigenvalue weighted by molar-refractivity contribution is 5.98. The molecule has 0 aliphatic carbocycles. The van der Waals surface area contributed by atoms with Gasteiger partial charge < -0.3 is 10.1 Å². The summed E-state index contributed by atoms with van der Waals surface area (Å²) in [7, 11) is 0. The molecule has 0 aliphatic rings. The molecule has 1 amide bonds. The molecule has 1 rings (SSSR count). The Morgan fingerprint density at radius 2 is 2.00 bits per heavy atom. The first kappa shape index (κ1) is 17.0. The van der Waals surface area contributed by atoms with Crippen molar-refractivity contribution in [1.29, 1.82) is 0 Å². The molecule has 0 saturated heterocycles. The van der Waals surface area contributed by atoms with Crippen LogP contribution in [0.15, 0.2) is 30.4 Å². The van der Waals surface area contributed by atoms with E-state index < -0.39 is 0 Å². The number of benzene rings is 1. The zero-order chi connectivity index (χ0) is 15.8. The van der Waals surface area contributed by atoms with Crippen LogP contribution in [0.25, 0.3) is 0 Å². The smallest absolute Gasteiger partial charge is 0.224 e. The molecule has 0 saturated carbocycles. The van der Waals surface area contributed by atoms with Gasteiger partial charge in [-0.25, -0.2) is 0 Å². The van der Waals surface area contributed by atoms with E-state index in [1.165, 1.54) is 6.92 Å². The first-order valence-corrected chi connectivity index (χ1v) is 7.16. The van der Waals surface area contributed by atoms with Crippen LogP contribution in [0.1, 0.15) is 50.4 Å². The molecular formula is C17H23NO3. The number of hydrogen-bond donors (Lipinski definition) is 1. The lowest BCUT2D eigenvalue weighted by Gasteiger charge is -2.13. The Morgan fingerprint density at radius 3 is 2.57 bits per heavy atom. The highest BCUT2D eigenvalue weighted by atomic mass is 16.5. The van der Waals surface area contributed by atoms with Gasteiger partial charge in [-0.05, 0) is 44.0 Å². The molecule has 1 N–H and O–H groups in total. The average molecular weight is 289 g/mol. The van der Waals surface area contributed by atoms with E-state index in [2.05, 4.69) is 11.9 Å². The van der Waals surface area contributed by atoms with E-state index in [4.69, 9.17) is 4.74 Å². The molecule has 0 spiro atoms. The summed E-state index contributed by atoms with van der Waals surface area (Å²) in [5.41, 5.74) is 1.96. The second-order valence-corrected chi connectivity index (χ2v) is 5.16. The van der Waals surface area contributed by atoms with Crippen molar-refractivity contribution in [2.24, 2.45) is 0 Å². The van der Waals surface area contributed by atoms with E-state index in [9.17, 15) is 9.59 Å². The van der Waals surface area contributed by atoms with E-state index in [0.29, 0.717) is 30.0 Å². The fourth-order valence-corrected chi connectivity index (χ4v) is 1.72. The molecule has 1 aromatic carbocycles. The molecule has 0 aromatic heterocycles. The Morgan fingerprint density at radius 1 is 1.29 bits per heavy atom. The molecule has 4 nitrogen and oxygen atoms in total. The third kappa shape index (κ3) is 5.81. The van der Waals surface area contributed by atoms with Gasteiger partial charge in [0.15, 0.2) is 5.78 Å². The van der Waals surface area contributed by atoms with Crippen molar-refractivity contribution in [1.82, 2.24) is 0 Å². The molecule has 0 aliphatic heterocycles. The Bertz CT molecular complexity index is 535. The van der Waals surface area contributed by atoms with Crippen LogP contribution in [-0.2, 0) is 4.79 Å². The standard InChI is InChI=1S/C17H23NO3/c1-5-6-7-17(20)18-15-10-14(13(4)19)8-9-16(15)21-11-12(2)3/h8-10H,2,5-7,11H2,1,3-4H3,(H,18,20). The minimum absolute atomic E-state index is 0.0505. The zero-order valence-corrected chi connectivity index (χ0v) is 13.0. The summed E-state index contributed by atoms with van der Waals surface area (Å²) >= 11 is 0. The summed E-state index contributed by atoms with van der Waals surface area (Å²) in [5, 5.41) is 2.82. The Balaban J connectivity index is 2.93. The number of carbonyl (C=O) groups is 2. The SMILES string of the molecule is C=C(C)COc1ccc(C(C)=O)cc1NC(=O)CCCC. The number of anilines is 1. The third-order valence-electron chi connectivity index (χ3n) is 2.89. The lowest BCUT2D eigenvalue weighted by atomic mass is 10.1. The Hall–Kier alpha value is -2.10. The van der Waals surface area contributed by atoms with Crippen LogP contribution in [0, 0.1) is 0 Å². The van der Waals surface area contributed by atoms with Crippen molar-refractivity contribution in [3.8, 4) is 5.75 Å². The van der Waals surface area contributed by atoms with Crippen molar-refractivity contribution in [3.05, 3.63) is 35.9 Å². The van der Waals surface area contributed by atoms with Crippen molar-refractivity contribution < 1.29 is 14.3 Å². The second kappa shape index (κ2) is 8.25. The van der Waals surface area contributed by atoms with E-state index >= 15 is 0 Å². The summed E-state index contributed by atoms with van der Waals surface area (Å²) in [6.07, 6.45) is 2.25. The molecule has 0 radical (unpaired) electrons. The summed E-state index contributed by atoms with van der Waals surface area (Å²) in [6, 6.07) is 5.05. The zero-order valence-electron chi connectivity index (χ0n) is 13.0. The summed E-state index contributed by atoms with van der Waals surface area (Å²) in [6.45, 7) is 9.54. The van der Waals surface area contributed by atoms with Crippen LogP contribution >= 0.6 is 0 Å². The van der Waals surface area contributed by atoms with Crippen molar-refractivity contribution in [3.63, 3.8) is 0 Å². The lowest BCUT2D eigenvalue weighted by molar-refractivity contribution is -0.116. The molecular weight excluding hydrogens is 266 g/mol. The highest BCUT2D eigenvalue weighted by Gasteiger charge is 2.11. The lowest BCUT2D eigenvalue weighted by Crippen LogP contribution is -2.13. The quantitative estimate of drug-likeness (QED) is 0.582. The average Bonchev–Trinajstić information content (AvgIpc) is 2.43. The van der Waals surface area contributed by atoms with E-state index in [-0.39, 0.29) is 11.7 Å². The first-order valence-electron chi connectivity index (χ1n) is 7.16. The molecule has 21 heavy (non-hydrogen) atoms. The highest BCUT2D eigenvalue weighted by Crippen LogP contribution is 2.27. The molecule has 0 fully saturated rings. The van der Waals surface area contributed by atoms with Crippen LogP contribution in [0.2, 0.25) is 0 Å². The van der Waals surface area contributed by atoms with E-state index in [0.717, 1.165) is 18.4 Å². The van der Waals surface area contributed by atoms with Gasteiger partial charge >= 0.3 is 0 Å². The van der Waals surface area contributed by atoms with Gasteiger partial charge in [0.25, 0.3) is 0 Å². The normalized spacial score (nSPS) is 10.0. The van der Waals surface area contributed by atoms with Gasteiger partial charge in [-0.15, -0.1) is 0 Å². The van der Waals surface area contributed by atoms with Crippen LogP contribution in [0.3, 0.4) is 0 Å². The maximum atomic E-state index is 11.9. The number of hydrogen-bond acceptors (Lipinski definition) is 3. The van der Waals surface area contributed by atoms with Gasteiger partial charge in [0.1, 0.15) is 12.4 Å². The predicted octanol–water partition coefficient (Wildman–Crippen LogP) is 3.97. The number of rotatable bonds is 8.